The Morgan fingerprint density at radius 1 is 1.57 bits per heavy atom. The van der Waals surface area contributed by atoms with Gasteiger partial charge in [-0.05, 0) is 25.1 Å². The minimum absolute atomic E-state index is 0.248. The van der Waals surface area contributed by atoms with E-state index >= 15 is 0 Å². The van der Waals surface area contributed by atoms with E-state index in [9.17, 15) is 9.18 Å². The number of hydrogen-bond acceptors (Lipinski definition) is 3. The summed E-state index contributed by atoms with van der Waals surface area (Å²) >= 11 is 0. The number of amides is 1. The van der Waals surface area contributed by atoms with Crippen LogP contribution in [-0.4, -0.2) is 11.9 Å². The van der Waals surface area contributed by atoms with Gasteiger partial charge in [0.1, 0.15) is 11.9 Å². The molecule has 1 rings (SSSR count). The van der Waals surface area contributed by atoms with Crippen LogP contribution in [0, 0.1) is 5.82 Å². The molecule has 0 saturated heterocycles. The Labute approximate surface area is 81.1 Å². The lowest BCUT2D eigenvalue weighted by atomic mass is 10.2. The lowest BCUT2D eigenvalue weighted by Crippen LogP contribution is -2.32. The highest BCUT2D eigenvalue weighted by Gasteiger charge is 2.09. The molecule has 0 bridgehead atoms. The Morgan fingerprint density at radius 2 is 2.21 bits per heavy atom. The van der Waals surface area contributed by atoms with E-state index < -0.39 is 17.8 Å². The average Bonchev–Trinajstić information content (AvgIpc) is 2.09. The monoisotopic (exact) mass is 197 g/mol. The van der Waals surface area contributed by atoms with Crippen molar-refractivity contribution >= 4 is 17.3 Å². The van der Waals surface area contributed by atoms with Crippen LogP contribution in [0.1, 0.15) is 6.92 Å². The van der Waals surface area contributed by atoms with E-state index in [4.69, 9.17) is 11.5 Å². The van der Waals surface area contributed by atoms with Crippen molar-refractivity contribution in [3.8, 4) is 0 Å². The molecule has 5 heteroatoms. The Morgan fingerprint density at radius 3 is 2.71 bits per heavy atom. The van der Waals surface area contributed by atoms with Gasteiger partial charge < -0.3 is 16.8 Å². The van der Waals surface area contributed by atoms with E-state index in [0.29, 0.717) is 5.69 Å². The number of hydrogen-bond donors (Lipinski definition) is 3. The summed E-state index contributed by atoms with van der Waals surface area (Å²) < 4.78 is 12.6. The molecule has 1 unspecified atom stereocenters. The third kappa shape index (κ3) is 2.35. The van der Waals surface area contributed by atoms with Crippen molar-refractivity contribution in [2.24, 2.45) is 5.73 Å². The quantitative estimate of drug-likeness (QED) is 0.624. The number of nitrogens with one attached hydrogen (secondary N) is 1. The molecule has 0 aliphatic heterocycles. The molecule has 1 atom stereocenters. The molecule has 14 heavy (non-hydrogen) atoms. The fourth-order valence-electron chi connectivity index (χ4n) is 0.969. The molecule has 0 saturated carbocycles. The molecule has 0 heterocycles. The predicted octanol–water partition coefficient (Wildman–Crippen LogP) is 0.694. The molecule has 1 amide bonds. The number of anilines is 2. The maximum Gasteiger partial charge on any atom is 0.239 e. The van der Waals surface area contributed by atoms with Crippen molar-refractivity contribution in [2.75, 3.05) is 11.1 Å². The molecule has 4 nitrogen and oxygen atoms in total. The Hall–Kier alpha value is -1.78. The first-order chi connectivity index (χ1) is 6.50. The maximum absolute atomic E-state index is 12.6. The largest absolute Gasteiger partial charge is 0.397 e. The SMILES string of the molecule is CC(Nc1ccc(F)cc1N)C(N)=O. The number of halogens is 1. The number of nitrogen functional groups attached to an aromatic ring is 1. The molecular weight excluding hydrogens is 185 g/mol. The summed E-state index contributed by atoms with van der Waals surface area (Å²) in [7, 11) is 0. The van der Waals surface area contributed by atoms with Gasteiger partial charge in [0, 0.05) is 0 Å². The summed E-state index contributed by atoms with van der Waals surface area (Å²) in [6, 6.07) is 3.36. The first-order valence-corrected chi connectivity index (χ1v) is 4.11. The van der Waals surface area contributed by atoms with Crippen LogP contribution in [0.15, 0.2) is 18.2 Å². The second kappa shape index (κ2) is 3.95. The summed E-state index contributed by atoms with van der Waals surface area (Å²) in [5.74, 6) is -0.909. The summed E-state index contributed by atoms with van der Waals surface area (Å²) in [6.45, 7) is 1.60. The minimum atomic E-state index is -0.539. The number of nitrogens with two attached hydrogens (primary N) is 2. The zero-order chi connectivity index (χ0) is 10.7. The summed E-state index contributed by atoms with van der Waals surface area (Å²) in [4.78, 5) is 10.7. The van der Waals surface area contributed by atoms with Crippen molar-refractivity contribution in [2.45, 2.75) is 13.0 Å². The lowest BCUT2D eigenvalue weighted by molar-refractivity contribution is -0.118. The van der Waals surface area contributed by atoms with E-state index in [1.807, 2.05) is 0 Å². The van der Waals surface area contributed by atoms with Crippen molar-refractivity contribution in [3.63, 3.8) is 0 Å². The molecule has 0 spiro atoms. The van der Waals surface area contributed by atoms with Gasteiger partial charge in [-0.3, -0.25) is 4.79 Å². The molecule has 1 aromatic rings. The van der Waals surface area contributed by atoms with Crippen molar-refractivity contribution < 1.29 is 9.18 Å². The number of rotatable bonds is 3. The van der Waals surface area contributed by atoms with E-state index in [0.717, 1.165) is 0 Å². The second-order valence-electron chi connectivity index (χ2n) is 3.00. The highest BCUT2D eigenvalue weighted by molar-refractivity contribution is 5.83. The Kier molecular flexibility index (Phi) is 2.91. The molecule has 0 fully saturated rings. The normalized spacial score (nSPS) is 12.1. The van der Waals surface area contributed by atoms with Crippen LogP contribution in [0.4, 0.5) is 15.8 Å². The molecule has 76 valence electrons. The number of carbonyl (C=O) groups is 1. The molecule has 0 aromatic heterocycles. The van der Waals surface area contributed by atoms with Crippen LogP contribution >= 0.6 is 0 Å². The first-order valence-electron chi connectivity index (χ1n) is 4.11. The van der Waals surface area contributed by atoms with Crippen LogP contribution in [0.3, 0.4) is 0 Å². The van der Waals surface area contributed by atoms with E-state index in [2.05, 4.69) is 5.32 Å². The van der Waals surface area contributed by atoms with Gasteiger partial charge in [-0.15, -0.1) is 0 Å². The lowest BCUT2D eigenvalue weighted by Gasteiger charge is -2.13. The van der Waals surface area contributed by atoms with Gasteiger partial charge in [-0.2, -0.15) is 0 Å². The summed E-state index contributed by atoms with van der Waals surface area (Å²) in [5.41, 5.74) is 11.3. The highest BCUT2D eigenvalue weighted by Crippen LogP contribution is 2.19. The third-order valence-electron chi connectivity index (χ3n) is 1.81. The second-order valence-corrected chi connectivity index (χ2v) is 3.00. The van der Waals surface area contributed by atoms with E-state index in [1.54, 1.807) is 6.92 Å². The van der Waals surface area contributed by atoms with Gasteiger partial charge in [0.25, 0.3) is 0 Å². The Balaban J connectivity index is 2.82. The third-order valence-corrected chi connectivity index (χ3v) is 1.81. The number of carbonyl (C=O) groups excluding carboxylic acids is 1. The fourth-order valence-corrected chi connectivity index (χ4v) is 0.969. The van der Waals surface area contributed by atoms with Gasteiger partial charge >= 0.3 is 0 Å². The van der Waals surface area contributed by atoms with Gasteiger partial charge in [0.05, 0.1) is 11.4 Å². The van der Waals surface area contributed by atoms with Gasteiger partial charge in [-0.1, -0.05) is 0 Å². The van der Waals surface area contributed by atoms with Gasteiger partial charge in [0.2, 0.25) is 5.91 Å². The molecule has 1 aromatic carbocycles. The molecule has 0 aliphatic rings. The molecule has 0 radical (unpaired) electrons. The van der Waals surface area contributed by atoms with Crippen LogP contribution < -0.4 is 16.8 Å². The van der Waals surface area contributed by atoms with Crippen molar-refractivity contribution in [3.05, 3.63) is 24.0 Å². The van der Waals surface area contributed by atoms with Crippen LogP contribution in [0.2, 0.25) is 0 Å². The van der Waals surface area contributed by atoms with Gasteiger partial charge in [0.15, 0.2) is 0 Å². The van der Waals surface area contributed by atoms with Crippen molar-refractivity contribution in [1.82, 2.24) is 0 Å². The maximum atomic E-state index is 12.6. The van der Waals surface area contributed by atoms with Crippen LogP contribution in [0.5, 0.6) is 0 Å². The van der Waals surface area contributed by atoms with Gasteiger partial charge in [-0.25, -0.2) is 4.39 Å². The topological polar surface area (TPSA) is 81.1 Å². The average molecular weight is 197 g/mol. The van der Waals surface area contributed by atoms with Crippen LogP contribution in [0.25, 0.3) is 0 Å². The number of benzene rings is 1. The fraction of sp³-hybridized carbons (Fsp3) is 0.222. The van der Waals surface area contributed by atoms with E-state index in [-0.39, 0.29) is 5.69 Å². The predicted molar refractivity (Wildman–Crippen MR) is 53.1 cm³/mol. The smallest absolute Gasteiger partial charge is 0.239 e. The first kappa shape index (κ1) is 10.3. The molecule has 5 N–H and O–H groups in total. The zero-order valence-corrected chi connectivity index (χ0v) is 7.75. The molecule has 0 aliphatic carbocycles. The Bertz CT molecular complexity index is 354. The highest BCUT2D eigenvalue weighted by atomic mass is 19.1. The number of primary amides is 1. The van der Waals surface area contributed by atoms with Crippen molar-refractivity contribution in [1.29, 1.82) is 0 Å². The molecular formula is C9H12FN3O. The standard InChI is InChI=1S/C9H12FN3O/c1-5(9(12)14)13-8-3-2-6(10)4-7(8)11/h2-5,13H,11H2,1H3,(H2,12,14). The zero-order valence-electron chi connectivity index (χ0n) is 7.75. The van der Waals surface area contributed by atoms with E-state index in [1.165, 1.54) is 18.2 Å². The minimum Gasteiger partial charge on any atom is -0.397 e. The summed E-state index contributed by atoms with van der Waals surface area (Å²) in [6.07, 6.45) is 0. The summed E-state index contributed by atoms with van der Waals surface area (Å²) in [5, 5.41) is 2.77. The van der Waals surface area contributed by atoms with Crippen LogP contribution in [-0.2, 0) is 4.79 Å².